The second kappa shape index (κ2) is 38.8. The van der Waals surface area contributed by atoms with Crippen LogP contribution in [0.25, 0.3) is 0 Å². The number of allylic oxidation sites excluding steroid dienone is 12. The maximum atomic E-state index is 12.6. The molecule has 0 fully saturated rings. The molecule has 0 aromatic rings. The largest absolute Gasteiger partial charge is 0.480 e. The Bertz CT molecular complexity index is 1230. The SMILES string of the molecule is CC/C=C\C/C=C\C/C=C\C/C=C\C/C=C\CCCC(=O)OC[C@H](COP(=O)(O)OC[C@H](N)C(=O)O)OC(=O)CCCCCCCCC/C=C\CCCCCC. The quantitative estimate of drug-likeness (QED) is 0.0235. The minimum atomic E-state index is -4.73. The van der Waals surface area contributed by atoms with Crippen LogP contribution in [0.3, 0.4) is 0 Å². The van der Waals surface area contributed by atoms with E-state index in [-0.39, 0.29) is 19.4 Å². The van der Waals surface area contributed by atoms with Gasteiger partial charge < -0.3 is 25.2 Å². The number of esters is 2. The maximum Gasteiger partial charge on any atom is 0.472 e. The highest BCUT2D eigenvalue weighted by molar-refractivity contribution is 7.47. The van der Waals surface area contributed by atoms with Gasteiger partial charge in [-0.2, -0.15) is 0 Å². The highest BCUT2D eigenvalue weighted by Gasteiger charge is 2.28. The van der Waals surface area contributed by atoms with Gasteiger partial charge in [0, 0.05) is 12.8 Å². The fraction of sp³-hybridized carbons (Fsp3) is 0.659. The first kappa shape index (κ1) is 52.9. The van der Waals surface area contributed by atoms with Crippen LogP contribution in [0.1, 0.15) is 155 Å². The van der Waals surface area contributed by atoms with E-state index in [1.54, 1.807) is 0 Å². The summed E-state index contributed by atoms with van der Waals surface area (Å²) in [5.74, 6) is -2.47. The van der Waals surface area contributed by atoms with Crippen molar-refractivity contribution < 1.29 is 47.5 Å². The number of carbonyl (C=O) groups is 3. The summed E-state index contributed by atoms with van der Waals surface area (Å²) in [6, 6.07) is -1.53. The second-order valence-electron chi connectivity index (χ2n) is 13.7. The minimum absolute atomic E-state index is 0.139. The number of carbonyl (C=O) groups excluding carboxylic acids is 2. The van der Waals surface area contributed by atoms with E-state index >= 15 is 0 Å². The van der Waals surface area contributed by atoms with Gasteiger partial charge >= 0.3 is 25.7 Å². The van der Waals surface area contributed by atoms with Gasteiger partial charge in [-0.3, -0.25) is 23.4 Å². The fourth-order valence-electron chi connectivity index (χ4n) is 5.15. The van der Waals surface area contributed by atoms with Crippen LogP contribution in [0.5, 0.6) is 0 Å². The molecular weight excluding hydrogens is 733 g/mol. The van der Waals surface area contributed by atoms with Gasteiger partial charge in [0.1, 0.15) is 12.6 Å². The van der Waals surface area contributed by atoms with Gasteiger partial charge in [0.15, 0.2) is 6.10 Å². The van der Waals surface area contributed by atoms with Crippen molar-refractivity contribution in [2.45, 2.75) is 167 Å². The van der Waals surface area contributed by atoms with Gasteiger partial charge in [0.25, 0.3) is 0 Å². The molecule has 0 aliphatic rings. The molecule has 0 aromatic carbocycles. The molecule has 0 saturated carbocycles. The molecule has 0 spiro atoms. The van der Waals surface area contributed by atoms with E-state index in [2.05, 4.69) is 79.1 Å². The summed E-state index contributed by atoms with van der Waals surface area (Å²) in [5.41, 5.74) is 5.32. The van der Waals surface area contributed by atoms with E-state index in [1.165, 1.54) is 44.9 Å². The molecule has 12 heteroatoms. The number of rotatable bonds is 38. The molecule has 320 valence electrons. The molecule has 11 nitrogen and oxygen atoms in total. The number of ether oxygens (including phenoxy) is 2. The van der Waals surface area contributed by atoms with Gasteiger partial charge in [-0.1, -0.05) is 138 Å². The number of carboxylic acids is 1. The Labute approximate surface area is 338 Å². The van der Waals surface area contributed by atoms with Crippen molar-refractivity contribution in [3.05, 3.63) is 72.9 Å². The topological polar surface area (TPSA) is 172 Å². The lowest BCUT2D eigenvalue weighted by molar-refractivity contribution is -0.161. The van der Waals surface area contributed by atoms with Crippen molar-refractivity contribution in [2.24, 2.45) is 5.73 Å². The highest BCUT2D eigenvalue weighted by atomic mass is 31.2. The molecule has 0 bridgehead atoms. The Hall–Kier alpha value is -3.08. The zero-order valence-electron chi connectivity index (χ0n) is 34.4. The molecule has 4 N–H and O–H groups in total. The van der Waals surface area contributed by atoms with Crippen LogP contribution < -0.4 is 5.73 Å². The zero-order valence-corrected chi connectivity index (χ0v) is 35.3. The molecular formula is C44H74NO10P. The van der Waals surface area contributed by atoms with Crippen molar-refractivity contribution >= 4 is 25.7 Å². The van der Waals surface area contributed by atoms with E-state index in [4.69, 9.17) is 24.8 Å². The lowest BCUT2D eigenvalue weighted by Crippen LogP contribution is -2.34. The first-order valence-electron chi connectivity index (χ1n) is 21.0. The summed E-state index contributed by atoms with van der Waals surface area (Å²) in [6.07, 6.45) is 45.4. The number of carboxylic acid groups (broad SMARTS) is 1. The third-order valence-corrected chi connectivity index (χ3v) is 9.39. The summed E-state index contributed by atoms with van der Waals surface area (Å²) < 4.78 is 32.6. The van der Waals surface area contributed by atoms with Crippen LogP contribution in [0, 0.1) is 0 Å². The smallest absolute Gasteiger partial charge is 0.472 e. The predicted molar refractivity (Wildman–Crippen MR) is 226 cm³/mol. The normalized spacial score (nSPS) is 14.5. The Morgan fingerprint density at radius 2 is 1.02 bits per heavy atom. The average molecular weight is 808 g/mol. The molecule has 0 heterocycles. The summed E-state index contributed by atoms with van der Waals surface area (Å²) in [5, 5.41) is 8.88. The van der Waals surface area contributed by atoms with E-state index in [0.717, 1.165) is 64.2 Å². The number of unbranched alkanes of at least 4 members (excludes halogenated alkanes) is 12. The summed E-state index contributed by atoms with van der Waals surface area (Å²) in [4.78, 5) is 45.9. The van der Waals surface area contributed by atoms with Crippen LogP contribution in [0.4, 0.5) is 0 Å². The molecule has 0 rings (SSSR count). The van der Waals surface area contributed by atoms with E-state index < -0.39 is 51.1 Å². The van der Waals surface area contributed by atoms with E-state index in [1.807, 2.05) is 12.2 Å². The van der Waals surface area contributed by atoms with Gasteiger partial charge in [0.2, 0.25) is 0 Å². The highest BCUT2D eigenvalue weighted by Crippen LogP contribution is 2.43. The van der Waals surface area contributed by atoms with Crippen molar-refractivity contribution in [1.82, 2.24) is 0 Å². The van der Waals surface area contributed by atoms with Gasteiger partial charge in [-0.25, -0.2) is 4.57 Å². The van der Waals surface area contributed by atoms with Crippen LogP contribution >= 0.6 is 7.82 Å². The standard InChI is InChI=1S/C44H74NO10P/c1-3-5-7-9-11-13-15-17-19-20-22-23-25-27-29-31-33-35-42(46)52-37-40(38-53-56(50,51)54-39-41(45)44(48)49)55-43(47)36-34-32-30-28-26-24-21-18-16-14-12-10-8-6-4-2/h5,7,11,13-14,16-17,19,22-23,27,29,40-41H,3-4,6,8-10,12,15,18,20-21,24-26,28,30-39,45H2,1-2H3,(H,48,49)(H,50,51)/b7-5-,13-11-,16-14-,19-17-,23-22-,29-27-/t40-,41+/m1/s1. The molecule has 0 aliphatic carbocycles. The minimum Gasteiger partial charge on any atom is -0.480 e. The second-order valence-corrected chi connectivity index (χ2v) is 15.2. The molecule has 0 amide bonds. The van der Waals surface area contributed by atoms with Crippen molar-refractivity contribution in [1.29, 1.82) is 0 Å². The first-order chi connectivity index (χ1) is 27.1. The van der Waals surface area contributed by atoms with Gasteiger partial charge in [0.05, 0.1) is 13.2 Å². The third-order valence-electron chi connectivity index (χ3n) is 8.44. The van der Waals surface area contributed by atoms with Gasteiger partial charge in [-0.05, 0) is 77.0 Å². The molecule has 56 heavy (non-hydrogen) atoms. The molecule has 0 aromatic heterocycles. The lowest BCUT2D eigenvalue weighted by atomic mass is 10.1. The number of hydrogen-bond acceptors (Lipinski definition) is 9. The number of hydrogen-bond donors (Lipinski definition) is 3. The van der Waals surface area contributed by atoms with E-state index in [0.29, 0.717) is 19.3 Å². The Kier molecular flexibility index (Phi) is 36.6. The average Bonchev–Trinajstić information content (AvgIpc) is 3.17. The molecule has 0 aliphatic heterocycles. The van der Waals surface area contributed by atoms with Crippen LogP contribution in [-0.4, -0.2) is 59.9 Å². The van der Waals surface area contributed by atoms with Crippen molar-refractivity contribution in [3.63, 3.8) is 0 Å². The molecule has 0 saturated heterocycles. The first-order valence-corrected chi connectivity index (χ1v) is 22.5. The third kappa shape index (κ3) is 37.8. The lowest BCUT2D eigenvalue weighted by Gasteiger charge is -2.20. The predicted octanol–water partition coefficient (Wildman–Crippen LogP) is 10.9. The Morgan fingerprint density at radius 1 is 0.571 bits per heavy atom. The van der Waals surface area contributed by atoms with Crippen LogP contribution in [-0.2, 0) is 37.5 Å². The Balaban J connectivity index is 4.50. The summed E-state index contributed by atoms with van der Waals surface area (Å²) in [7, 11) is -4.73. The Morgan fingerprint density at radius 3 is 1.57 bits per heavy atom. The van der Waals surface area contributed by atoms with Crippen LogP contribution in [0.2, 0.25) is 0 Å². The molecule has 1 unspecified atom stereocenters. The number of aliphatic carboxylic acids is 1. The maximum absolute atomic E-state index is 12.6. The summed E-state index contributed by atoms with van der Waals surface area (Å²) >= 11 is 0. The van der Waals surface area contributed by atoms with Gasteiger partial charge in [-0.15, -0.1) is 0 Å². The van der Waals surface area contributed by atoms with Crippen LogP contribution in [0.15, 0.2) is 72.9 Å². The molecule has 0 radical (unpaired) electrons. The van der Waals surface area contributed by atoms with E-state index in [9.17, 15) is 23.8 Å². The number of phosphoric acid groups is 1. The number of nitrogens with two attached hydrogens (primary N) is 1. The summed E-state index contributed by atoms with van der Waals surface area (Å²) in [6.45, 7) is 2.60. The van der Waals surface area contributed by atoms with Crippen molar-refractivity contribution in [3.8, 4) is 0 Å². The number of phosphoric ester groups is 1. The zero-order chi connectivity index (χ0) is 41.4. The fourth-order valence-corrected chi connectivity index (χ4v) is 5.93. The molecule has 3 atom stereocenters. The monoisotopic (exact) mass is 808 g/mol. The van der Waals surface area contributed by atoms with Crippen molar-refractivity contribution in [2.75, 3.05) is 19.8 Å².